The molecule has 1 N–H and O–H groups in total. The van der Waals surface area contributed by atoms with Crippen molar-refractivity contribution in [2.45, 2.75) is 6.54 Å². The van der Waals surface area contributed by atoms with Gasteiger partial charge in [-0.15, -0.1) is 0 Å². The van der Waals surface area contributed by atoms with Crippen molar-refractivity contribution < 1.29 is 0 Å². The summed E-state index contributed by atoms with van der Waals surface area (Å²) < 4.78 is 1.94. The third-order valence-electron chi connectivity index (χ3n) is 4.30. The molecule has 0 bridgehead atoms. The van der Waals surface area contributed by atoms with Gasteiger partial charge in [0.05, 0.1) is 6.20 Å². The van der Waals surface area contributed by atoms with Gasteiger partial charge in [-0.3, -0.25) is 14.4 Å². The van der Waals surface area contributed by atoms with Crippen molar-refractivity contribution in [3.05, 3.63) is 71.9 Å². The first-order valence-electron chi connectivity index (χ1n) is 8.13. The zero-order valence-electron chi connectivity index (χ0n) is 13.6. The fourth-order valence-corrected chi connectivity index (χ4v) is 3.32. The molecule has 4 aromatic heterocycles. The lowest BCUT2D eigenvalue weighted by atomic mass is 10.2. The van der Waals surface area contributed by atoms with E-state index in [9.17, 15) is 0 Å². The minimum atomic E-state index is 0.612. The molecular formula is C19H13ClN6. The number of nitrogens with one attached hydrogen (secondary N) is 1. The predicted molar refractivity (Wildman–Crippen MR) is 102 cm³/mol. The molecule has 5 aromatic rings. The summed E-state index contributed by atoms with van der Waals surface area (Å²) in [6, 6.07) is 9.73. The highest BCUT2D eigenvalue weighted by Crippen LogP contribution is 2.29. The van der Waals surface area contributed by atoms with Crippen LogP contribution in [0.2, 0.25) is 5.02 Å². The van der Waals surface area contributed by atoms with Gasteiger partial charge in [0.25, 0.3) is 0 Å². The van der Waals surface area contributed by atoms with Crippen LogP contribution in [0.3, 0.4) is 0 Å². The molecule has 0 amide bonds. The van der Waals surface area contributed by atoms with Crippen molar-refractivity contribution in [3.63, 3.8) is 0 Å². The van der Waals surface area contributed by atoms with Gasteiger partial charge in [-0.25, -0.2) is 9.97 Å². The highest BCUT2D eigenvalue weighted by molar-refractivity contribution is 6.30. The Morgan fingerprint density at radius 1 is 1.00 bits per heavy atom. The van der Waals surface area contributed by atoms with Crippen molar-refractivity contribution in [1.82, 2.24) is 24.3 Å². The molecule has 6 nitrogen and oxygen atoms in total. The van der Waals surface area contributed by atoms with E-state index in [1.807, 2.05) is 47.1 Å². The van der Waals surface area contributed by atoms with Crippen molar-refractivity contribution in [2.75, 3.05) is 5.32 Å². The normalized spacial score (nSPS) is 11.4. The van der Waals surface area contributed by atoms with Crippen LogP contribution in [0.1, 0.15) is 5.56 Å². The van der Waals surface area contributed by atoms with E-state index in [0.29, 0.717) is 11.6 Å². The Labute approximate surface area is 153 Å². The summed E-state index contributed by atoms with van der Waals surface area (Å²) in [5, 5.41) is 6.06. The quantitative estimate of drug-likeness (QED) is 0.525. The Morgan fingerprint density at radius 3 is 2.85 bits per heavy atom. The van der Waals surface area contributed by atoms with Gasteiger partial charge in [0.2, 0.25) is 0 Å². The van der Waals surface area contributed by atoms with Gasteiger partial charge in [0, 0.05) is 47.1 Å². The fraction of sp³-hybridized carbons (Fsp3) is 0.0526. The molecule has 0 aliphatic carbocycles. The monoisotopic (exact) mass is 360 g/mol. The lowest BCUT2D eigenvalue weighted by Crippen LogP contribution is -2.03. The maximum Gasteiger partial charge on any atom is 0.167 e. The number of hydrogen-bond acceptors (Lipinski definition) is 5. The average molecular weight is 361 g/mol. The number of halogens is 1. The number of nitrogens with zero attached hydrogens (tertiary/aromatic N) is 5. The van der Waals surface area contributed by atoms with Gasteiger partial charge < -0.3 is 5.32 Å². The molecule has 5 rings (SSSR count). The summed E-state index contributed by atoms with van der Waals surface area (Å²) in [6.07, 6.45) is 8.90. The molecule has 0 fully saturated rings. The number of benzene rings is 1. The van der Waals surface area contributed by atoms with Gasteiger partial charge in [0.15, 0.2) is 11.3 Å². The molecule has 1 aromatic carbocycles. The molecule has 0 spiro atoms. The van der Waals surface area contributed by atoms with Crippen molar-refractivity contribution in [1.29, 1.82) is 0 Å². The van der Waals surface area contributed by atoms with Crippen LogP contribution < -0.4 is 5.32 Å². The highest BCUT2D eigenvalue weighted by Gasteiger charge is 2.13. The van der Waals surface area contributed by atoms with E-state index in [0.717, 1.165) is 39.0 Å². The SMILES string of the molecule is Clc1cccc(CNc2nc3c(nc4cnccn43)c3ccncc23)c1. The van der Waals surface area contributed by atoms with E-state index >= 15 is 0 Å². The molecule has 0 saturated carbocycles. The van der Waals surface area contributed by atoms with E-state index in [1.165, 1.54) is 0 Å². The second-order valence-corrected chi connectivity index (χ2v) is 6.39. The summed E-state index contributed by atoms with van der Waals surface area (Å²) in [7, 11) is 0. The Balaban J connectivity index is 1.68. The summed E-state index contributed by atoms with van der Waals surface area (Å²) in [5.41, 5.74) is 3.47. The number of aromatic nitrogens is 5. The summed E-state index contributed by atoms with van der Waals surface area (Å²) in [4.78, 5) is 17.9. The number of hydrogen-bond donors (Lipinski definition) is 1. The molecule has 0 radical (unpaired) electrons. The number of rotatable bonds is 3. The maximum absolute atomic E-state index is 6.08. The van der Waals surface area contributed by atoms with Crippen LogP contribution >= 0.6 is 11.6 Å². The Morgan fingerprint density at radius 2 is 1.92 bits per heavy atom. The first-order valence-corrected chi connectivity index (χ1v) is 8.51. The minimum Gasteiger partial charge on any atom is -0.365 e. The summed E-state index contributed by atoms with van der Waals surface area (Å²) in [5.74, 6) is 0.763. The molecule has 26 heavy (non-hydrogen) atoms. The fourth-order valence-electron chi connectivity index (χ4n) is 3.10. The van der Waals surface area contributed by atoms with E-state index in [2.05, 4.69) is 20.3 Å². The van der Waals surface area contributed by atoms with Crippen LogP contribution in [0.15, 0.2) is 61.3 Å². The number of pyridine rings is 2. The van der Waals surface area contributed by atoms with Crippen molar-refractivity contribution in [2.24, 2.45) is 0 Å². The van der Waals surface area contributed by atoms with Crippen LogP contribution in [-0.2, 0) is 6.54 Å². The molecule has 0 atom stereocenters. The smallest absolute Gasteiger partial charge is 0.167 e. The molecule has 4 heterocycles. The zero-order valence-corrected chi connectivity index (χ0v) is 14.4. The van der Waals surface area contributed by atoms with E-state index in [4.69, 9.17) is 16.6 Å². The molecule has 7 heteroatoms. The number of fused-ring (bicyclic) bond motifs is 5. The van der Waals surface area contributed by atoms with Crippen LogP contribution in [-0.4, -0.2) is 24.3 Å². The van der Waals surface area contributed by atoms with Gasteiger partial charge >= 0.3 is 0 Å². The summed E-state index contributed by atoms with van der Waals surface area (Å²) >= 11 is 6.08. The van der Waals surface area contributed by atoms with Crippen molar-refractivity contribution >= 4 is 45.0 Å². The standard InChI is InChI=1S/C19H13ClN6/c20-13-3-1-2-12(8-13)9-23-18-15-10-21-5-4-14(15)17-19(25-18)26-7-6-22-11-16(26)24-17/h1-8,10-11H,9H2,(H,23,25). The zero-order chi connectivity index (χ0) is 17.5. The van der Waals surface area contributed by atoms with Crippen molar-refractivity contribution in [3.8, 4) is 0 Å². The van der Waals surface area contributed by atoms with Gasteiger partial charge in [0.1, 0.15) is 11.3 Å². The van der Waals surface area contributed by atoms with Crippen LogP contribution in [0.25, 0.3) is 27.6 Å². The van der Waals surface area contributed by atoms with Gasteiger partial charge in [-0.1, -0.05) is 23.7 Å². The predicted octanol–water partition coefficient (Wildman–Crippen LogP) is 4.09. The highest BCUT2D eigenvalue weighted by atomic mass is 35.5. The molecule has 0 saturated heterocycles. The second-order valence-electron chi connectivity index (χ2n) is 5.95. The first-order chi connectivity index (χ1) is 12.8. The molecular weight excluding hydrogens is 348 g/mol. The minimum absolute atomic E-state index is 0.612. The molecule has 0 aliphatic heterocycles. The Hall–Kier alpha value is -3.25. The third-order valence-corrected chi connectivity index (χ3v) is 4.54. The second kappa shape index (κ2) is 5.93. The van der Waals surface area contributed by atoms with Gasteiger partial charge in [-0.05, 0) is 23.8 Å². The number of anilines is 1. The lowest BCUT2D eigenvalue weighted by molar-refractivity contribution is 1.10. The first kappa shape index (κ1) is 15.0. The number of imidazole rings is 1. The topological polar surface area (TPSA) is 68.0 Å². The molecule has 0 aliphatic rings. The van der Waals surface area contributed by atoms with Crippen LogP contribution in [0.5, 0.6) is 0 Å². The maximum atomic E-state index is 6.08. The molecule has 0 unspecified atom stereocenters. The van der Waals surface area contributed by atoms with Crippen LogP contribution in [0.4, 0.5) is 5.82 Å². The largest absolute Gasteiger partial charge is 0.365 e. The Bertz CT molecular complexity index is 1260. The Kier molecular flexibility index (Phi) is 3.43. The third kappa shape index (κ3) is 2.43. The van der Waals surface area contributed by atoms with Gasteiger partial charge in [-0.2, -0.15) is 0 Å². The van der Waals surface area contributed by atoms with E-state index < -0.39 is 0 Å². The molecule has 126 valence electrons. The van der Waals surface area contributed by atoms with E-state index in [-0.39, 0.29) is 0 Å². The van der Waals surface area contributed by atoms with Crippen LogP contribution in [0, 0.1) is 0 Å². The summed E-state index contributed by atoms with van der Waals surface area (Å²) in [6.45, 7) is 0.612. The lowest BCUT2D eigenvalue weighted by Gasteiger charge is -2.10. The van der Waals surface area contributed by atoms with E-state index in [1.54, 1.807) is 18.6 Å². The average Bonchev–Trinajstić information content (AvgIpc) is 3.05.